The summed E-state index contributed by atoms with van der Waals surface area (Å²) in [7, 11) is 0. The first-order chi connectivity index (χ1) is 13.5. The number of amides is 1. The number of fused-ring (bicyclic) bond motifs is 1. The Morgan fingerprint density at radius 2 is 1.82 bits per heavy atom. The van der Waals surface area contributed by atoms with E-state index in [2.05, 4.69) is 53.7 Å². The zero-order valence-corrected chi connectivity index (χ0v) is 18.1. The Morgan fingerprint density at radius 3 is 2.50 bits per heavy atom. The number of piperazine rings is 1. The fourth-order valence-corrected chi connectivity index (χ4v) is 5.73. The molecule has 2 aromatic rings. The number of rotatable bonds is 4. The van der Waals surface area contributed by atoms with Crippen LogP contribution >= 0.6 is 11.3 Å². The molecule has 1 aromatic heterocycles. The van der Waals surface area contributed by atoms with Crippen molar-refractivity contribution < 1.29 is 4.79 Å². The van der Waals surface area contributed by atoms with Gasteiger partial charge in [0, 0.05) is 38.3 Å². The molecule has 0 spiro atoms. The zero-order chi connectivity index (χ0) is 19.7. The summed E-state index contributed by atoms with van der Waals surface area (Å²) >= 11 is 1.79. The van der Waals surface area contributed by atoms with Crippen LogP contribution in [-0.2, 0) is 11.3 Å². The van der Waals surface area contributed by atoms with Crippen LogP contribution in [0.15, 0.2) is 24.3 Å². The molecule has 28 heavy (non-hydrogen) atoms. The van der Waals surface area contributed by atoms with Gasteiger partial charge in [0.15, 0.2) is 0 Å². The molecule has 0 radical (unpaired) electrons. The van der Waals surface area contributed by atoms with E-state index in [-0.39, 0.29) is 6.04 Å². The Hall–Kier alpha value is -1.50. The Balaban J connectivity index is 1.32. The smallest absolute Gasteiger partial charge is 0.240 e. The summed E-state index contributed by atoms with van der Waals surface area (Å²) in [5.41, 5.74) is 1.10. The molecule has 2 aliphatic rings. The lowest BCUT2D eigenvalue weighted by Gasteiger charge is -2.44. The quantitative estimate of drug-likeness (QED) is 0.786. The molecule has 0 aliphatic carbocycles. The highest BCUT2D eigenvalue weighted by Gasteiger charge is 2.34. The van der Waals surface area contributed by atoms with Gasteiger partial charge < -0.3 is 4.90 Å². The van der Waals surface area contributed by atoms with Gasteiger partial charge in [0.25, 0.3) is 0 Å². The minimum absolute atomic E-state index is 0.0207. The third-order valence-electron chi connectivity index (χ3n) is 6.46. The largest absolute Gasteiger partial charge is 0.336 e. The molecule has 0 N–H and O–H groups in total. The van der Waals surface area contributed by atoms with E-state index in [0.717, 1.165) is 51.1 Å². The molecule has 1 aromatic carbocycles. The van der Waals surface area contributed by atoms with Crippen LogP contribution < -0.4 is 0 Å². The average molecular weight is 401 g/mol. The summed E-state index contributed by atoms with van der Waals surface area (Å²) < 4.78 is 1.26. The van der Waals surface area contributed by atoms with Crippen molar-refractivity contribution in [1.82, 2.24) is 19.7 Å². The number of likely N-dealkylation sites (tertiary alicyclic amines) is 1. The number of benzene rings is 1. The molecular weight excluding hydrogens is 368 g/mol. The average Bonchev–Trinajstić information content (AvgIpc) is 3.10. The lowest BCUT2D eigenvalue weighted by atomic mass is 9.96. The molecule has 4 rings (SSSR count). The Kier molecular flexibility index (Phi) is 5.99. The second-order valence-electron chi connectivity index (χ2n) is 8.44. The fourth-order valence-electron chi connectivity index (χ4n) is 4.72. The SMILES string of the molecule is C[C@H](C(=O)N1[C@H](C)CCC[C@@H]1C)N1CCN(Cc2nc3ccccc3s2)CC1. The summed E-state index contributed by atoms with van der Waals surface area (Å²) in [5, 5.41) is 1.19. The van der Waals surface area contributed by atoms with E-state index in [9.17, 15) is 4.79 Å². The maximum absolute atomic E-state index is 13.2. The maximum Gasteiger partial charge on any atom is 0.240 e. The van der Waals surface area contributed by atoms with Crippen molar-refractivity contribution in [2.24, 2.45) is 0 Å². The molecule has 2 fully saturated rings. The van der Waals surface area contributed by atoms with E-state index in [1.54, 1.807) is 11.3 Å². The van der Waals surface area contributed by atoms with Gasteiger partial charge in [-0.25, -0.2) is 4.98 Å². The maximum atomic E-state index is 13.2. The molecule has 2 aliphatic heterocycles. The number of para-hydroxylation sites is 1. The number of aromatic nitrogens is 1. The van der Waals surface area contributed by atoms with E-state index >= 15 is 0 Å². The summed E-state index contributed by atoms with van der Waals surface area (Å²) in [6.07, 6.45) is 3.52. The van der Waals surface area contributed by atoms with Crippen molar-refractivity contribution in [1.29, 1.82) is 0 Å². The molecule has 0 unspecified atom stereocenters. The van der Waals surface area contributed by atoms with Crippen LogP contribution in [-0.4, -0.2) is 69.9 Å². The minimum atomic E-state index is -0.0207. The van der Waals surface area contributed by atoms with Gasteiger partial charge in [-0.05, 0) is 52.2 Å². The molecule has 0 bridgehead atoms. The van der Waals surface area contributed by atoms with Gasteiger partial charge in [-0.15, -0.1) is 11.3 Å². The van der Waals surface area contributed by atoms with Crippen LogP contribution in [0.25, 0.3) is 10.2 Å². The van der Waals surface area contributed by atoms with Gasteiger partial charge in [0.05, 0.1) is 22.8 Å². The highest BCUT2D eigenvalue weighted by molar-refractivity contribution is 7.18. The van der Waals surface area contributed by atoms with Crippen LogP contribution in [0.2, 0.25) is 0 Å². The second kappa shape index (κ2) is 8.47. The number of carbonyl (C=O) groups is 1. The first-order valence-corrected chi connectivity index (χ1v) is 11.5. The summed E-state index contributed by atoms with van der Waals surface area (Å²) in [6, 6.07) is 9.08. The highest BCUT2D eigenvalue weighted by Crippen LogP contribution is 2.25. The van der Waals surface area contributed by atoms with Crippen LogP contribution in [0.4, 0.5) is 0 Å². The number of piperidine rings is 1. The first-order valence-electron chi connectivity index (χ1n) is 10.7. The number of thiazole rings is 1. The van der Waals surface area contributed by atoms with Gasteiger partial charge in [-0.3, -0.25) is 14.6 Å². The van der Waals surface area contributed by atoms with Crippen molar-refractivity contribution in [3.05, 3.63) is 29.3 Å². The molecule has 5 nitrogen and oxygen atoms in total. The van der Waals surface area contributed by atoms with Crippen LogP contribution in [0.3, 0.4) is 0 Å². The summed E-state index contributed by atoms with van der Waals surface area (Å²) in [6.45, 7) is 11.3. The van der Waals surface area contributed by atoms with E-state index in [1.807, 2.05) is 6.07 Å². The Morgan fingerprint density at radius 1 is 1.14 bits per heavy atom. The standard InChI is InChI=1S/C22H32N4OS/c1-16-7-6-8-17(2)26(16)22(27)18(3)25-13-11-24(12-14-25)15-21-23-19-9-4-5-10-20(19)28-21/h4-5,9-10,16-18H,6-8,11-15H2,1-3H3/t16-,17+,18-/m1/s1. The van der Waals surface area contributed by atoms with E-state index in [0.29, 0.717) is 18.0 Å². The minimum Gasteiger partial charge on any atom is -0.336 e. The molecule has 152 valence electrons. The van der Waals surface area contributed by atoms with Crippen LogP contribution in [0.5, 0.6) is 0 Å². The van der Waals surface area contributed by atoms with Gasteiger partial charge >= 0.3 is 0 Å². The fraction of sp³-hybridized carbons (Fsp3) is 0.636. The van der Waals surface area contributed by atoms with Crippen molar-refractivity contribution >= 4 is 27.5 Å². The molecule has 3 atom stereocenters. The lowest BCUT2D eigenvalue weighted by Crippen LogP contribution is -2.58. The van der Waals surface area contributed by atoms with Crippen molar-refractivity contribution in [2.45, 2.75) is 64.7 Å². The van der Waals surface area contributed by atoms with Crippen molar-refractivity contribution in [2.75, 3.05) is 26.2 Å². The Bertz CT molecular complexity index is 771. The van der Waals surface area contributed by atoms with E-state index in [4.69, 9.17) is 4.98 Å². The van der Waals surface area contributed by atoms with Gasteiger partial charge in [-0.2, -0.15) is 0 Å². The monoisotopic (exact) mass is 400 g/mol. The van der Waals surface area contributed by atoms with Gasteiger partial charge in [-0.1, -0.05) is 12.1 Å². The topological polar surface area (TPSA) is 39.7 Å². The predicted octanol–water partition coefficient (Wildman–Crippen LogP) is 3.59. The Labute approximate surface area is 172 Å². The lowest BCUT2D eigenvalue weighted by molar-refractivity contribution is -0.143. The van der Waals surface area contributed by atoms with Crippen molar-refractivity contribution in [3.8, 4) is 0 Å². The van der Waals surface area contributed by atoms with Crippen LogP contribution in [0.1, 0.15) is 45.0 Å². The molecular formula is C22H32N4OS. The van der Waals surface area contributed by atoms with Gasteiger partial charge in [0.2, 0.25) is 5.91 Å². The molecule has 2 saturated heterocycles. The first kappa shape index (κ1) is 19.8. The van der Waals surface area contributed by atoms with Gasteiger partial charge in [0.1, 0.15) is 5.01 Å². The normalized spacial score (nSPS) is 25.9. The molecule has 3 heterocycles. The number of nitrogens with zero attached hydrogens (tertiary/aromatic N) is 4. The molecule has 0 saturated carbocycles. The zero-order valence-electron chi connectivity index (χ0n) is 17.3. The van der Waals surface area contributed by atoms with Crippen molar-refractivity contribution in [3.63, 3.8) is 0 Å². The molecule has 1 amide bonds. The third kappa shape index (κ3) is 4.09. The summed E-state index contributed by atoms with van der Waals surface area (Å²) in [4.78, 5) is 24.9. The predicted molar refractivity (Wildman–Crippen MR) is 116 cm³/mol. The number of carbonyl (C=O) groups excluding carboxylic acids is 1. The third-order valence-corrected chi connectivity index (χ3v) is 7.48. The van der Waals surface area contributed by atoms with E-state index < -0.39 is 0 Å². The number of hydrogen-bond acceptors (Lipinski definition) is 5. The molecule has 6 heteroatoms. The van der Waals surface area contributed by atoms with E-state index in [1.165, 1.54) is 16.1 Å². The van der Waals surface area contributed by atoms with Crippen LogP contribution in [0, 0.1) is 0 Å². The highest BCUT2D eigenvalue weighted by atomic mass is 32.1. The number of hydrogen-bond donors (Lipinski definition) is 0. The summed E-state index contributed by atoms with van der Waals surface area (Å²) in [5.74, 6) is 0.319. The second-order valence-corrected chi connectivity index (χ2v) is 9.55.